The lowest BCUT2D eigenvalue weighted by atomic mass is 10.0. The van der Waals surface area contributed by atoms with Gasteiger partial charge in [-0.1, -0.05) is 103 Å². The van der Waals surface area contributed by atoms with Gasteiger partial charge in [0.2, 0.25) is 5.71 Å². The van der Waals surface area contributed by atoms with E-state index in [0.717, 1.165) is 82.6 Å². The predicted molar refractivity (Wildman–Crippen MR) is 182 cm³/mol. The van der Waals surface area contributed by atoms with Gasteiger partial charge in [0, 0.05) is 38.7 Å². The van der Waals surface area contributed by atoms with Crippen LogP contribution in [0.3, 0.4) is 0 Å². The molecule has 5 nitrogen and oxygen atoms in total. The van der Waals surface area contributed by atoms with E-state index in [0.29, 0.717) is 11.5 Å². The summed E-state index contributed by atoms with van der Waals surface area (Å²) in [6.07, 6.45) is 0. The van der Waals surface area contributed by atoms with Gasteiger partial charge in [-0.2, -0.15) is 4.98 Å². The Morgan fingerprint density at radius 3 is 2.00 bits per heavy atom. The smallest absolute Gasteiger partial charge is 0.231 e. The normalized spacial score (nSPS) is 12.0. The van der Waals surface area contributed by atoms with Crippen LogP contribution < -0.4 is 0 Å². The average molecular weight is 578 g/mol. The van der Waals surface area contributed by atoms with Crippen molar-refractivity contribution in [1.82, 2.24) is 14.5 Å². The SMILES string of the molecule is c1ccc(-c2nc(-c3ccccc3)c3c(n2)oc2cc4c(cc23)c2ccccc2n4-c2cccc3oc4ccccc4c23)cc1. The Balaban J connectivity index is 1.33. The van der Waals surface area contributed by atoms with Gasteiger partial charge in [0.1, 0.15) is 16.7 Å². The molecular weight excluding hydrogens is 554 g/mol. The van der Waals surface area contributed by atoms with Crippen LogP contribution in [-0.4, -0.2) is 14.5 Å². The molecule has 0 atom stereocenters. The molecule has 210 valence electrons. The van der Waals surface area contributed by atoms with E-state index in [2.05, 4.69) is 77.4 Å². The summed E-state index contributed by atoms with van der Waals surface area (Å²) in [5, 5.41) is 6.39. The Hall–Kier alpha value is -6.20. The first-order valence-electron chi connectivity index (χ1n) is 15.0. The zero-order valence-electron chi connectivity index (χ0n) is 23.9. The largest absolute Gasteiger partial charge is 0.456 e. The molecule has 0 aliphatic heterocycles. The molecule has 4 heterocycles. The summed E-state index contributed by atoms with van der Waals surface area (Å²) >= 11 is 0. The first-order chi connectivity index (χ1) is 22.3. The predicted octanol–water partition coefficient (Wildman–Crippen LogP) is 10.7. The molecule has 0 spiro atoms. The van der Waals surface area contributed by atoms with Gasteiger partial charge in [0.05, 0.1) is 33.2 Å². The second kappa shape index (κ2) is 9.15. The first kappa shape index (κ1) is 24.3. The summed E-state index contributed by atoms with van der Waals surface area (Å²) in [5.41, 5.74) is 9.14. The van der Waals surface area contributed by atoms with Gasteiger partial charge in [-0.25, -0.2) is 4.98 Å². The maximum atomic E-state index is 6.63. The van der Waals surface area contributed by atoms with E-state index in [4.69, 9.17) is 18.8 Å². The number of fused-ring (bicyclic) bond motifs is 9. The molecule has 0 amide bonds. The topological polar surface area (TPSA) is 57.0 Å². The van der Waals surface area contributed by atoms with Gasteiger partial charge in [0.25, 0.3) is 0 Å². The molecule has 0 aliphatic carbocycles. The standard InChI is InChI=1S/C40H23N3O2/c1-3-12-24(13-4-1)38-37-29-22-28-26-16-7-9-18-30(26)43(31-19-11-21-34-36(31)27-17-8-10-20-33(27)44-34)32(28)23-35(29)45-40(37)42-39(41-38)25-14-5-2-6-15-25/h1-23H. The van der Waals surface area contributed by atoms with Crippen LogP contribution in [0.15, 0.2) is 148 Å². The maximum absolute atomic E-state index is 6.63. The average Bonchev–Trinajstić information content (AvgIpc) is 3.76. The third kappa shape index (κ3) is 3.49. The fraction of sp³-hybridized carbons (Fsp3) is 0. The van der Waals surface area contributed by atoms with Crippen molar-refractivity contribution >= 4 is 65.8 Å². The third-order valence-corrected chi connectivity index (χ3v) is 8.83. The van der Waals surface area contributed by atoms with Crippen LogP contribution in [0.1, 0.15) is 0 Å². The van der Waals surface area contributed by atoms with Crippen LogP contribution in [0, 0.1) is 0 Å². The molecule has 0 fully saturated rings. The molecule has 0 saturated carbocycles. The molecule has 45 heavy (non-hydrogen) atoms. The summed E-state index contributed by atoms with van der Waals surface area (Å²) in [5.74, 6) is 0.638. The van der Waals surface area contributed by atoms with Crippen molar-refractivity contribution in [1.29, 1.82) is 0 Å². The second-order valence-corrected chi connectivity index (χ2v) is 11.4. The first-order valence-corrected chi connectivity index (χ1v) is 15.0. The minimum atomic E-state index is 0.573. The van der Waals surface area contributed by atoms with E-state index in [9.17, 15) is 0 Å². The van der Waals surface area contributed by atoms with Crippen molar-refractivity contribution in [2.24, 2.45) is 0 Å². The zero-order valence-corrected chi connectivity index (χ0v) is 23.9. The number of nitrogens with zero attached hydrogens (tertiary/aromatic N) is 3. The molecule has 0 bridgehead atoms. The summed E-state index contributed by atoms with van der Waals surface area (Å²) < 4.78 is 15.2. The fourth-order valence-corrected chi connectivity index (χ4v) is 6.86. The number of hydrogen-bond donors (Lipinski definition) is 0. The van der Waals surface area contributed by atoms with E-state index in [1.54, 1.807) is 0 Å². The summed E-state index contributed by atoms with van der Waals surface area (Å²) in [4.78, 5) is 10.1. The molecular formula is C40H23N3O2. The van der Waals surface area contributed by atoms with E-state index < -0.39 is 0 Å². The second-order valence-electron chi connectivity index (χ2n) is 11.4. The van der Waals surface area contributed by atoms with Crippen molar-refractivity contribution in [3.05, 3.63) is 140 Å². The Bertz CT molecular complexity index is 2750. The Morgan fingerprint density at radius 2 is 1.16 bits per heavy atom. The van der Waals surface area contributed by atoms with Gasteiger partial charge in [-0.15, -0.1) is 0 Å². The fourth-order valence-electron chi connectivity index (χ4n) is 6.86. The van der Waals surface area contributed by atoms with Crippen molar-refractivity contribution in [3.63, 3.8) is 0 Å². The monoisotopic (exact) mass is 577 g/mol. The highest BCUT2D eigenvalue weighted by atomic mass is 16.3. The lowest BCUT2D eigenvalue weighted by molar-refractivity contribution is 0.654. The molecule has 0 radical (unpaired) electrons. The molecule has 0 N–H and O–H groups in total. The van der Waals surface area contributed by atoms with Crippen molar-refractivity contribution in [2.75, 3.05) is 0 Å². The minimum absolute atomic E-state index is 0.573. The summed E-state index contributed by atoms with van der Waals surface area (Å²) in [6.45, 7) is 0. The number of aromatic nitrogens is 3. The van der Waals surface area contributed by atoms with E-state index >= 15 is 0 Å². The highest BCUT2D eigenvalue weighted by Gasteiger charge is 2.22. The maximum Gasteiger partial charge on any atom is 0.231 e. The molecule has 10 rings (SSSR count). The van der Waals surface area contributed by atoms with E-state index in [1.807, 2.05) is 66.7 Å². The molecule has 0 saturated heterocycles. The Labute approximate surface area is 256 Å². The Kier molecular flexibility index (Phi) is 4.93. The van der Waals surface area contributed by atoms with Gasteiger partial charge in [-0.3, -0.25) is 0 Å². The highest BCUT2D eigenvalue weighted by molar-refractivity contribution is 6.20. The minimum Gasteiger partial charge on any atom is -0.456 e. The van der Waals surface area contributed by atoms with Crippen LogP contribution in [-0.2, 0) is 0 Å². The summed E-state index contributed by atoms with van der Waals surface area (Å²) in [6, 6.07) is 47.8. The number of hydrogen-bond acceptors (Lipinski definition) is 4. The quantitative estimate of drug-likeness (QED) is 0.210. The molecule has 6 aromatic carbocycles. The van der Waals surface area contributed by atoms with E-state index in [1.165, 1.54) is 0 Å². The van der Waals surface area contributed by atoms with E-state index in [-0.39, 0.29) is 0 Å². The molecule has 5 heteroatoms. The molecule has 4 aromatic heterocycles. The number of furan rings is 2. The highest BCUT2D eigenvalue weighted by Crippen LogP contribution is 2.43. The van der Waals surface area contributed by atoms with Crippen LogP contribution in [0.5, 0.6) is 0 Å². The molecule has 10 aromatic rings. The lowest BCUT2D eigenvalue weighted by Crippen LogP contribution is -1.94. The van der Waals surface area contributed by atoms with Crippen LogP contribution in [0.25, 0.3) is 94.1 Å². The number of rotatable bonds is 3. The van der Waals surface area contributed by atoms with Gasteiger partial charge in [0.15, 0.2) is 5.82 Å². The summed E-state index contributed by atoms with van der Waals surface area (Å²) in [7, 11) is 0. The third-order valence-electron chi connectivity index (χ3n) is 8.83. The van der Waals surface area contributed by atoms with Crippen molar-refractivity contribution in [3.8, 4) is 28.3 Å². The lowest BCUT2D eigenvalue weighted by Gasteiger charge is -2.09. The van der Waals surface area contributed by atoms with Crippen molar-refractivity contribution in [2.45, 2.75) is 0 Å². The zero-order chi connectivity index (χ0) is 29.5. The van der Waals surface area contributed by atoms with Gasteiger partial charge in [-0.05, 0) is 30.3 Å². The van der Waals surface area contributed by atoms with Crippen LogP contribution >= 0.6 is 0 Å². The number of benzene rings is 6. The van der Waals surface area contributed by atoms with Crippen LogP contribution in [0.4, 0.5) is 0 Å². The molecule has 0 unspecified atom stereocenters. The van der Waals surface area contributed by atoms with Gasteiger partial charge < -0.3 is 13.4 Å². The number of para-hydroxylation sites is 2. The van der Waals surface area contributed by atoms with Gasteiger partial charge >= 0.3 is 0 Å². The molecule has 0 aliphatic rings. The van der Waals surface area contributed by atoms with Crippen LogP contribution in [0.2, 0.25) is 0 Å². The van der Waals surface area contributed by atoms with Crippen molar-refractivity contribution < 1.29 is 8.83 Å². The Morgan fingerprint density at radius 1 is 0.444 bits per heavy atom.